The fourth-order valence-electron chi connectivity index (χ4n) is 9.83. The quantitative estimate of drug-likeness (QED) is 0.170. The van der Waals surface area contributed by atoms with Crippen molar-refractivity contribution < 1.29 is 0 Å². The predicted molar refractivity (Wildman–Crippen MR) is 228 cm³/mol. The molecule has 3 aliphatic carbocycles. The summed E-state index contributed by atoms with van der Waals surface area (Å²) in [7, 11) is 0. The molecule has 0 bridgehead atoms. The number of fused-ring (bicyclic) bond motifs is 3. The van der Waals surface area contributed by atoms with Crippen molar-refractivity contribution >= 4 is 35.7 Å². The highest BCUT2D eigenvalue weighted by Crippen LogP contribution is 2.53. The molecule has 2 atom stereocenters. The van der Waals surface area contributed by atoms with E-state index in [9.17, 15) is 0 Å². The third kappa shape index (κ3) is 6.07. The minimum absolute atomic E-state index is 0.0188. The molecule has 9 rings (SSSR count). The Morgan fingerprint density at radius 2 is 0.943 bits per heavy atom. The first-order chi connectivity index (χ1) is 25.9. The molecule has 4 aromatic rings. The molecule has 0 spiro atoms. The Kier molecular flexibility index (Phi) is 8.73. The molecule has 2 heterocycles. The topological polar surface area (TPSA) is 6.48 Å². The number of hydrogen-bond acceptors (Lipinski definition) is 2. The largest absolute Gasteiger partial charge is 0.341 e. The molecule has 0 aromatic heterocycles. The van der Waals surface area contributed by atoms with Gasteiger partial charge in [-0.3, -0.25) is 0 Å². The lowest BCUT2D eigenvalue weighted by atomic mass is 9.73. The first-order valence-electron chi connectivity index (χ1n) is 20.1. The predicted octanol–water partition coefficient (Wildman–Crippen LogP) is 13.2. The summed E-state index contributed by atoms with van der Waals surface area (Å²) in [6.07, 6.45) is 25.5. The van der Waals surface area contributed by atoms with Crippen molar-refractivity contribution in [3.63, 3.8) is 0 Å². The van der Waals surface area contributed by atoms with Crippen LogP contribution in [0.2, 0.25) is 0 Å². The minimum atomic E-state index is 0.0188. The van der Waals surface area contributed by atoms with Gasteiger partial charge >= 0.3 is 0 Å². The minimum Gasteiger partial charge on any atom is -0.341 e. The van der Waals surface area contributed by atoms with Crippen molar-refractivity contribution in [3.05, 3.63) is 165 Å². The molecule has 0 saturated carbocycles. The number of allylic oxidation sites excluding steroid dienone is 4. The van der Waals surface area contributed by atoms with E-state index in [1.165, 1.54) is 93.0 Å². The van der Waals surface area contributed by atoms with Gasteiger partial charge in [0.25, 0.3) is 0 Å². The lowest BCUT2D eigenvalue weighted by molar-refractivity contribution is 0.490. The maximum Gasteiger partial charge on any atom is 0.0411 e. The van der Waals surface area contributed by atoms with Crippen molar-refractivity contribution in [2.45, 2.75) is 71.6 Å². The van der Waals surface area contributed by atoms with Crippen LogP contribution in [-0.4, -0.2) is 13.1 Å². The SMILES string of the molecule is CCC1(CC)c2cc(/C=C/c3ccc(N4CCC5=C4C=CC(C)C5)cc3)ccc2-c2ccc(/C=C/c3ccc(N4CCC5=C4C=CC(C)C5)cc3)cc21. The smallest absolute Gasteiger partial charge is 0.0411 e. The fraction of sp³-hybridized carbons (Fsp3) is 0.294. The van der Waals surface area contributed by atoms with Gasteiger partial charge < -0.3 is 9.80 Å². The summed E-state index contributed by atoms with van der Waals surface area (Å²) in [5.41, 5.74) is 19.4. The second kappa shape index (κ2) is 13.7. The molecule has 2 aliphatic heterocycles. The van der Waals surface area contributed by atoms with Crippen LogP contribution in [0.4, 0.5) is 11.4 Å². The van der Waals surface area contributed by atoms with Crippen molar-refractivity contribution in [3.8, 4) is 11.1 Å². The van der Waals surface area contributed by atoms with E-state index in [0.29, 0.717) is 11.8 Å². The Hall–Kier alpha value is -5.08. The van der Waals surface area contributed by atoms with E-state index < -0.39 is 0 Å². The van der Waals surface area contributed by atoms with Crippen LogP contribution in [0.3, 0.4) is 0 Å². The summed E-state index contributed by atoms with van der Waals surface area (Å²) < 4.78 is 0. The average molecular weight is 693 g/mol. The Bertz CT molecular complexity index is 2080. The zero-order chi connectivity index (χ0) is 36.1. The van der Waals surface area contributed by atoms with Crippen molar-refractivity contribution in [1.29, 1.82) is 0 Å². The van der Waals surface area contributed by atoms with Crippen LogP contribution >= 0.6 is 0 Å². The van der Waals surface area contributed by atoms with Gasteiger partial charge in [-0.05, 0) is 142 Å². The molecule has 0 N–H and O–H groups in total. The van der Waals surface area contributed by atoms with Crippen LogP contribution in [0.15, 0.2) is 132 Å². The van der Waals surface area contributed by atoms with Crippen LogP contribution in [0.25, 0.3) is 35.4 Å². The molecule has 0 saturated heterocycles. The number of anilines is 2. The van der Waals surface area contributed by atoms with Crippen molar-refractivity contribution in [2.24, 2.45) is 11.8 Å². The van der Waals surface area contributed by atoms with Gasteiger partial charge in [-0.2, -0.15) is 0 Å². The molecule has 2 unspecified atom stereocenters. The van der Waals surface area contributed by atoms with E-state index in [0.717, 1.165) is 25.9 Å². The molecule has 2 heteroatoms. The highest BCUT2D eigenvalue weighted by atomic mass is 15.2. The molecule has 53 heavy (non-hydrogen) atoms. The molecule has 2 nitrogen and oxygen atoms in total. The molecule has 0 radical (unpaired) electrons. The highest BCUT2D eigenvalue weighted by Gasteiger charge is 2.40. The van der Waals surface area contributed by atoms with Crippen LogP contribution in [-0.2, 0) is 5.41 Å². The van der Waals surface area contributed by atoms with Gasteiger partial charge in [0, 0.05) is 41.3 Å². The second-order valence-electron chi connectivity index (χ2n) is 16.1. The molecular weight excluding hydrogens is 641 g/mol. The summed E-state index contributed by atoms with van der Waals surface area (Å²) in [6, 6.07) is 32.5. The van der Waals surface area contributed by atoms with Crippen molar-refractivity contribution in [1.82, 2.24) is 0 Å². The van der Waals surface area contributed by atoms with Crippen LogP contribution in [0, 0.1) is 11.8 Å². The summed E-state index contributed by atoms with van der Waals surface area (Å²) in [5.74, 6) is 1.32. The maximum atomic E-state index is 2.49. The molecule has 5 aliphatic rings. The van der Waals surface area contributed by atoms with Gasteiger partial charge in [0.15, 0.2) is 0 Å². The van der Waals surface area contributed by atoms with Crippen LogP contribution in [0.1, 0.15) is 99.6 Å². The molecule has 0 amide bonds. The Morgan fingerprint density at radius 3 is 1.36 bits per heavy atom. The molecule has 4 aromatic carbocycles. The van der Waals surface area contributed by atoms with E-state index in [2.05, 4.69) is 171 Å². The monoisotopic (exact) mass is 692 g/mol. The summed E-state index contributed by atoms with van der Waals surface area (Å²) in [5, 5.41) is 0. The van der Waals surface area contributed by atoms with Gasteiger partial charge in [0.1, 0.15) is 0 Å². The Labute approximate surface area is 317 Å². The highest BCUT2D eigenvalue weighted by molar-refractivity contribution is 5.85. The van der Waals surface area contributed by atoms with Crippen molar-refractivity contribution in [2.75, 3.05) is 22.9 Å². The van der Waals surface area contributed by atoms with Gasteiger partial charge in [0.2, 0.25) is 0 Å². The average Bonchev–Trinajstić information content (AvgIpc) is 3.88. The van der Waals surface area contributed by atoms with Gasteiger partial charge in [-0.25, -0.2) is 0 Å². The zero-order valence-electron chi connectivity index (χ0n) is 31.9. The molecule has 0 fully saturated rings. The van der Waals surface area contributed by atoms with Gasteiger partial charge in [-0.1, -0.05) is 125 Å². The van der Waals surface area contributed by atoms with E-state index in [1.807, 2.05) is 0 Å². The Balaban J connectivity index is 0.914. The van der Waals surface area contributed by atoms with Crippen LogP contribution < -0.4 is 9.80 Å². The maximum absolute atomic E-state index is 2.49. The third-order valence-corrected chi connectivity index (χ3v) is 12.8. The van der Waals surface area contributed by atoms with Gasteiger partial charge in [0.05, 0.1) is 0 Å². The Morgan fingerprint density at radius 1 is 0.547 bits per heavy atom. The zero-order valence-corrected chi connectivity index (χ0v) is 31.9. The van der Waals surface area contributed by atoms with E-state index in [1.54, 1.807) is 11.1 Å². The molecular formula is C51H52N2. The number of rotatable bonds is 8. The van der Waals surface area contributed by atoms with E-state index in [-0.39, 0.29) is 5.41 Å². The first kappa shape index (κ1) is 33.7. The summed E-state index contributed by atoms with van der Waals surface area (Å²) in [6.45, 7) is 11.5. The standard InChI is InChI=1S/C51H52N2/c1-5-51(6-2)47-33-39(11-9-37-13-19-43(20-14-37)52-29-27-41-31-35(3)7-25-49(41)52)17-23-45(47)46-24-18-40(34-48(46)51)12-10-38-15-21-44(22-16-38)53-30-28-42-32-36(4)8-26-50(42)53/h7-26,33-36H,5-6,27-32H2,1-4H3/b11-9+,12-10+. The summed E-state index contributed by atoms with van der Waals surface area (Å²) >= 11 is 0. The fourth-order valence-corrected chi connectivity index (χ4v) is 9.83. The number of hydrogen-bond donors (Lipinski definition) is 0. The van der Waals surface area contributed by atoms with Crippen LogP contribution in [0.5, 0.6) is 0 Å². The van der Waals surface area contributed by atoms with E-state index in [4.69, 9.17) is 0 Å². The lowest BCUT2D eigenvalue weighted by Crippen LogP contribution is -2.23. The third-order valence-electron chi connectivity index (χ3n) is 12.8. The van der Waals surface area contributed by atoms with E-state index >= 15 is 0 Å². The molecule has 266 valence electrons. The number of benzene rings is 4. The normalized spacial score (nSPS) is 21.3. The lowest BCUT2D eigenvalue weighted by Gasteiger charge is -2.30. The number of nitrogens with zero attached hydrogens (tertiary/aromatic N) is 2. The first-order valence-corrected chi connectivity index (χ1v) is 20.1. The van der Waals surface area contributed by atoms with Gasteiger partial charge in [-0.15, -0.1) is 0 Å². The summed E-state index contributed by atoms with van der Waals surface area (Å²) in [4.78, 5) is 4.99. The second-order valence-corrected chi connectivity index (χ2v) is 16.1.